The van der Waals surface area contributed by atoms with Gasteiger partial charge in [0.05, 0.1) is 25.4 Å². The molecule has 1 atom stereocenters. The second kappa shape index (κ2) is 5.50. The van der Waals surface area contributed by atoms with Crippen LogP contribution in [0.4, 0.5) is 0 Å². The average Bonchev–Trinajstić information content (AvgIpc) is 2.41. The zero-order chi connectivity index (χ0) is 13.1. The predicted octanol–water partition coefficient (Wildman–Crippen LogP) is 1.75. The van der Waals surface area contributed by atoms with Gasteiger partial charge in [-0.1, -0.05) is 6.07 Å². The van der Waals surface area contributed by atoms with Gasteiger partial charge in [-0.05, 0) is 36.6 Å². The van der Waals surface area contributed by atoms with Crippen LogP contribution in [0.1, 0.15) is 33.2 Å². The molecule has 1 aromatic carbocycles. The van der Waals surface area contributed by atoms with Crippen molar-refractivity contribution in [3.63, 3.8) is 0 Å². The Morgan fingerprint density at radius 2 is 2.17 bits per heavy atom. The van der Waals surface area contributed by atoms with Crippen LogP contribution in [0.3, 0.4) is 0 Å². The standard InChI is InChI=1S/C14H19NO3/c1-9-7-12(14(16)17-3)10(2)6-11(9)13-8-15-4-5-18-13/h6-7,13,15H,4-5,8H2,1-3H3. The lowest BCUT2D eigenvalue weighted by atomic mass is 9.96. The number of carbonyl (C=O) groups is 1. The second-order valence-electron chi connectivity index (χ2n) is 4.58. The summed E-state index contributed by atoms with van der Waals surface area (Å²) in [6, 6.07) is 3.91. The number of ether oxygens (including phenoxy) is 2. The third kappa shape index (κ3) is 2.54. The molecule has 0 amide bonds. The maximum absolute atomic E-state index is 11.6. The fourth-order valence-corrected chi connectivity index (χ4v) is 2.28. The first kappa shape index (κ1) is 13.1. The molecule has 1 aromatic rings. The first-order valence-corrected chi connectivity index (χ1v) is 6.15. The van der Waals surface area contributed by atoms with E-state index in [0.717, 1.165) is 36.4 Å². The fraction of sp³-hybridized carbons (Fsp3) is 0.500. The van der Waals surface area contributed by atoms with Crippen LogP contribution < -0.4 is 5.32 Å². The largest absolute Gasteiger partial charge is 0.465 e. The lowest BCUT2D eigenvalue weighted by Gasteiger charge is -2.26. The van der Waals surface area contributed by atoms with E-state index in [-0.39, 0.29) is 12.1 Å². The molecule has 1 fully saturated rings. The SMILES string of the molecule is COC(=O)c1cc(C)c(C2CNCCO2)cc1C. The Balaban J connectivity index is 2.33. The lowest BCUT2D eigenvalue weighted by Crippen LogP contribution is -2.33. The summed E-state index contributed by atoms with van der Waals surface area (Å²) in [5.41, 5.74) is 3.76. The minimum Gasteiger partial charge on any atom is -0.465 e. The summed E-state index contributed by atoms with van der Waals surface area (Å²) in [4.78, 5) is 11.6. The highest BCUT2D eigenvalue weighted by Gasteiger charge is 2.20. The quantitative estimate of drug-likeness (QED) is 0.811. The Kier molecular flexibility index (Phi) is 3.99. The number of nitrogens with one attached hydrogen (secondary N) is 1. The summed E-state index contributed by atoms with van der Waals surface area (Å²) in [5.74, 6) is -0.287. The van der Waals surface area contributed by atoms with Gasteiger partial charge in [0.1, 0.15) is 0 Å². The summed E-state index contributed by atoms with van der Waals surface area (Å²) in [6.45, 7) is 6.36. The van der Waals surface area contributed by atoms with Gasteiger partial charge in [0.15, 0.2) is 0 Å². The van der Waals surface area contributed by atoms with Crippen LogP contribution in [-0.2, 0) is 9.47 Å². The molecule has 18 heavy (non-hydrogen) atoms. The molecule has 1 heterocycles. The van der Waals surface area contributed by atoms with Crippen molar-refractivity contribution in [1.82, 2.24) is 5.32 Å². The molecule has 0 spiro atoms. The van der Waals surface area contributed by atoms with Gasteiger partial charge < -0.3 is 14.8 Å². The second-order valence-corrected chi connectivity index (χ2v) is 4.58. The third-order valence-corrected chi connectivity index (χ3v) is 3.29. The molecule has 0 radical (unpaired) electrons. The van der Waals surface area contributed by atoms with Gasteiger partial charge in [-0.15, -0.1) is 0 Å². The zero-order valence-corrected chi connectivity index (χ0v) is 11.1. The number of hydrogen-bond acceptors (Lipinski definition) is 4. The van der Waals surface area contributed by atoms with Gasteiger partial charge >= 0.3 is 5.97 Å². The number of morpholine rings is 1. The van der Waals surface area contributed by atoms with Crippen molar-refractivity contribution in [3.8, 4) is 0 Å². The molecule has 1 aliphatic heterocycles. The van der Waals surface area contributed by atoms with Crippen molar-refractivity contribution in [2.45, 2.75) is 20.0 Å². The van der Waals surface area contributed by atoms with Crippen molar-refractivity contribution in [1.29, 1.82) is 0 Å². The van der Waals surface area contributed by atoms with Crippen LogP contribution in [0.2, 0.25) is 0 Å². The summed E-state index contributed by atoms with van der Waals surface area (Å²) in [6.07, 6.45) is 0.0733. The Bertz CT molecular complexity index is 451. The number of esters is 1. The van der Waals surface area contributed by atoms with E-state index in [1.54, 1.807) is 0 Å². The summed E-state index contributed by atoms with van der Waals surface area (Å²) >= 11 is 0. The van der Waals surface area contributed by atoms with Gasteiger partial charge in [0.25, 0.3) is 0 Å². The highest BCUT2D eigenvalue weighted by Crippen LogP contribution is 2.25. The van der Waals surface area contributed by atoms with Crippen molar-refractivity contribution in [3.05, 3.63) is 34.4 Å². The van der Waals surface area contributed by atoms with Crippen LogP contribution in [0.25, 0.3) is 0 Å². The number of benzene rings is 1. The van der Waals surface area contributed by atoms with Gasteiger partial charge in [0, 0.05) is 13.1 Å². The van der Waals surface area contributed by atoms with Crippen LogP contribution in [0.5, 0.6) is 0 Å². The number of carbonyl (C=O) groups excluding carboxylic acids is 1. The Labute approximate surface area is 107 Å². The first-order valence-electron chi connectivity index (χ1n) is 6.15. The van der Waals surface area contributed by atoms with Crippen molar-refractivity contribution < 1.29 is 14.3 Å². The van der Waals surface area contributed by atoms with Gasteiger partial charge in [-0.25, -0.2) is 4.79 Å². The van der Waals surface area contributed by atoms with Crippen LogP contribution in [0, 0.1) is 13.8 Å². The van der Waals surface area contributed by atoms with E-state index in [1.165, 1.54) is 7.11 Å². The average molecular weight is 249 g/mol. The molecule has 1 unspecified atom stereocenters. The van der Waals surface area contributed by atoms with Crippen LogP contribution in [-0.4, -0.2) is 32.8 Å². The van der Waals surface area contributed by atoms with Gasteiger partial charge in [0.2, 0.25) is 0 Å². The fourth-order valence-electron chi connectivity index (χ4n) is 2.28. The molecule has 0 bridgehead atoms. The Morgan fingerprint density at radius 1 is 1.39 bits per heavy atom. The highest BCUT2D eigenvalue weighted by atomic mass is 16.5. The Morgan fingerprint density at radius 3 is 2.78 bits per heavy atom. The van der Waals surface area contributed by atoms with Gasteiger partial charge in [-0.3, -0.25) is 0 Å². The molecule has 2 rings (SSSR count). The molecular formula is C14H19NO3. The molecule has 1 saturated heterocycles. The normalized spacial score (nSPS) is 19.6. The lowest BCUT2D eigenvalue weighted by molar-refractivity contribution is 0.0272. The summed E-state index contributed by atoms with van der Waals surface area (Å²) < 4.78 is 10.5. The molecule has 4 nitrogen and oxygen atoms in total. The maximum atomic E-state index is 11.6. The third-order valence-electron chi connectivity index (χ3n) is 3.29. The first-order chi connectivity index (χ1) is 8.63. The molecule has 4 heteroatoms. The monoisotopic (exact) mass is 249 g/mol. The number of rotatable bonds is 2. The number of methoxy groups -OCH3 is 1. The number of aryl methyl sites for hydroxylation is 2. The van der Waals surface area contributed by atoms with Crippen molar-refractivity contribution in [2.24, 2.45) is 0 Å². The smallest absolute Gasteiger partial charge is 0.338 e. The van der Waals surface area contributed by atoms with Crippen LogP contribution >= 0.6 is 0 Å². The number of hydrogen-bond donors (Lipinski definition) is 1. The molecule has 98 valence electrons. The minimum atomic E-state index is -0.287. The minimum absolute atomic E-state index is 0.0733. The molecule has 0 aliphatic carbocycles. The van der Waals surface area contributed by atoms with Crippen molar-refractivity contribution in [2.75, 3.05) is 26.8 Å². The predicted molar refractivity (Wildman–Crippen MR) is 68.8 cm³/mol. The Hall–Kier alpha value is -1.39. The van der Waals surface area contributed by atoms with Gasteiger partial charge in [-0.2, -0.15) is 0 Å². The van der Waals surface area contributed by atoms with E-state index in [4.69, 9.17) is 9.47 Å². The summed E-state index contributed by atoms with van der Waals surface area (Å²) in [7, 11) is 1.40. The zero-order valence-electron chi connectivity index (χ0n) is 11.1. The highest BCUT2D eigenvalue weighted by molar-refractivity contribution is 5.91. The van der Waals surface area contributed by atoms with E-state index in [0.29, 0.717) is 5.56 Å². The van der Waals surface area contributed by atoms with E-state index < -0.39 is 0 Å². The maximum Gasteiger partial charge on any atom is 0.338 e. The van der Waals surface area contributed by atoms with Crippen LogP contribution in [0.15, 0.2) is 12.1 Å². The van der Waals surface area contributed by atoms with E-state index in [9.17, 15) is 4.79 Å². The topological polar surface area (TPSA) is 47.6 Å². The molecular weight excluding hydrogens is 230 g/mol. The molecule has 1 N–H and O–H groups in total. The van der Waals surface area contributed by atoms with E-state index in [2.05, 4.69) is 5.32 Å². The van der Waals surface area contributed by atoms with Crippen molar-refractivity contribution >= 4 is 5.97 Å². The van der Waals surface area contributed by atoms with E-state index in [1.807, 2.05) is 26.0 Å². The molecule has 0 saturated carbocycles. The van der Waals surface area contributed by atoms with E-state index >= 15 is 0 Å². The molecule has 1 aliphatic rings. The summed E-state index contributed by atoms with van der Waals surface area (Å²) in [5, 5.41) is 3.31. The molecule has 0 aromatic heterocycles.